The summed E-state index contributed by atoms with van der Waals surface area (Å²) in [6, 6.07) is 0. The molecule has 30 heavy (non-hydrogen) atoms. The van der Waals surface area contributed by atoms with Gasteiger partial charge in [0.25, 0.3) is 5.56 Å². The van der Waals surface area contributed by atoms with Crippen LogP contribution in [0.3, 0.4) is 0 Å². The SMILES string of the molecule is C[C@@H]1C=C[C@@H]2CCCC[C@@H]2[C@H]1C(=O)c1c(O)c([C@]2(O)CC[C@H](O)[C@@H]3O[C@@H]32)c[nH]c1=O. The number of aromatic amines is 1. The molecule has 0 spiro atoms. The highest BCUT2D eigenvalue weighted by molar-refractivity contribution is 6.00. The molecule has 5 rings (SSSR count). The van der Waals surface area contributed by atoms with Crippen molar-refractivity contribution >= 4 is 5.78 Å². The average molecular weight is 415 g/mol. The van der Waals surface area contributed by atoms with Crippen molar-refractivity contribution in [3.05, 3.63) is 39.8 Å². The zero-order valence-corrected chi connectivity index (χ0v) is 17.1. The van der Waals surface area contributed by atoms with Gasteiger partial charge in [0.15, 0.2) is 5.78 Å². The third-order valence-electron chi connectivity index (χ3n) is 7.84. The molecule has 0 radical (unpaired) electrons. The molecule has 7 nitrogen and oxygen atoms in total. The van der Waals surface area contributed by atoms with E-state index in [-0.39, 0.29) is 41.1 Å². The molecule has 3 aliphatic carbocycles. The number of aromatic hydroxyl groups is 1. The monoisotopic (exact) mass is 415 g/mol. The van der Waals surface area contributed by atoms with Crippen molar-refractivity contribution in [1.82, 2.24) is 4.98 Å². The molecule has 2 heterocycles. The predicted molar refractivity (Wildman–Crippen MR) is 108 cm³/mol. The largest absolute Gasteiger partial charge is 0.507 e. The first-order valence-electron chi connectivity index (χ1n) is 11.1. The number of carbonyl (C=O) groups is 1. The zero-order chi connectivity index (χ0) is 21.2. The number of ketones is 1. The van der Waals surface area contributed by atoms with E-state index < -0.39 is 35.2 Å². The summed E-state index contributed by atoms with van der Waals surface area (Å²) in [4.78, 5) is 28.8. The van der Waals surface area contributed by atoms with Crippen molar-refractivity contribution in [1.29, 1.82) is 0 Å². The molecule has 1 aliphatic heterocycles. The van der Waals surface area contributed by atoms with E-state index in [0.29, 0.717) is 12.3 Å². The topological polar surface area (TPSA) is 123 Å². The molecule has 162 valence electrons. The van der Waals surface area contributed by atoms with Crippen LogP contribution in [0, 0.1) is 23.7 Å². The van der Waals surface area contributed by atoms with Crippen LogP contribution in [0.5, 0.6) is 5.75 Å². The number of pyridine rings is 1. The van der Waals surface area contributed by atoms with E-state index in [2.05, 4.69) is 17.1 Å². The second kappa shape index (κ2) is 7.04. The zero-order valence-electron chi connectivity index (χ0n) is 17.1. The summed E-state index contributed by atoms with van der Waals surface area (Å²) in [5.74, 6) is -0.697. The fourth-order valence-corrected chi connectivity index (χ4v) is 6.14. The first kappa shape index (κ1) is 20.0. The molecule has 0 unspecified atom stereocenters. The highest BCUT2D eigenvalue weighted by Gasteiger charge is 2.62. The molecule has 2 saturated carbocycles. The van der Waals surface area contributed by atoms with Crippen LogP contribution in [-0.4, -0.2) is 44.4 Å². The Morgan fingerprint density at radius 3 is 2.80 bits per heavy atom. The highest BCUT2D eigenvalue weighted by atomic mass is 16.6. The van der Waals surface area contributed by atoms with Gasteiger partial charge in [-0.3, -0.25) is 9.59 Å². The van der Waals surface area contributed by atoms with Crippen LogP contribution >= 0.6 is 0 Å². The third-order valence-corrected chi connectivity index (χ3v) is 7.84. The minimum Gasteiger partial charge on any atom is -0.507 e. The van der Waals surface area contributed by atoms with E-state index >= 15 is 0 Å². The Morgan fingerprint density at radius 1 is 1.23 bits per heavy atom. The quantitative estimate of drug-likeness (QED) is 0.340. The van der Waals surface area contributed by atoms with Gasteiger partial charge in [-0.25, -0.2) is 0 Å². The number of ether oxygens (including phenoxy) is 1. The number of aliphatic hydroxyl groups excluding tert-OH is 1. The van der Waals surface area contributed by atoms with Gasteiger partial charge in [-0.2, -0.15) is 0 Å². The maximum absolute atomic E-state index is 13.6. The summed E-state index contributed by atoms with van der Waals surface area (Å²) < 4.78 is 5.45. The summed E-state index contributed by atoms with van der Waals surface area (Å²) in [7, 11) is 0. The molecule has 0 bridgehead atoms. The van der Waals surface area contributed by atoms with E-state index in [0.717, 1.165) is 25.7 Å². The van der Waals surface area contributed by atoms with Gasteiger partial charge in [-0.1, -0.05) is 31.9 Å². The van der Waals surface area contributed by atoms with Gasteiger partial charge in [-0.15, -0.1) is 0 Å². The fraction of sp³-hybridized carbons (Fsp3) is 0.652. The molecule has 0 aromatic carbocycles. The lowest BCUT2D eigenvalue weighted by Crippen LogP contribution is -2.43. The van der Waals surface area contributed by atoms with E-state index in [1.165, 1.54) is 6.20 Å². The number of hydrogen-bond acceptors (Lipinski definition) is 6. The van der Waals surface area contributed by atoms with E-state index in [4.69, 9.17) is 4.74 Å². The number of carbonyl (C=O) groups excluding carboxylic acids is 1. The van der Waals surface area contributed by atoms with Crippen LogP contribution in [0.25, 0.3) is 0 Å². The Labute approximate surface area is 174 Å². The number of aromatic nitrogens is 1. The van der Waals surface area contributed by atoms with Crippen molar-refractivity contribution in [2.24, 2.45) is 23.7 Å². The lowest BCUT2D eigenvalue weighted by Gasteiger charge is -2.40. The van der Waals surface area contributed by atoms with Gasteiger partial charge in [0, 0.05) is 17.7 Å². The van der Waals surface area contributed by atoms with E-state index in [9.17, 15) is 24.9 Å². The van der Waals surface area contributed by atoms with Crippen LogP contribution in [-0.2, 0) is 10.3 Å². The number of fused-ring (bicyclic) bond motifs is 2. The summed E-state index contributed by atoms with van der Waals surface area (Å²) >= 11 is 0. The Morgan fingerprint density at radius 2 is 2.00 bits per heavy atom. The van der Waals surface area contributed by atoms with Gasteiger partial charge in [0.2, 0.25) is 0 Å². The Balaban J connectivity index is 1.53. The Kier molecular flexibility index (Phi) is 4.69. The second-order valence-corrected chi connectivity index (χ2v) is 9.55. The van der Waals surface area contributed by atoms with Gasteiger partial charge in [0.1, 0.15) is 29.1 Å². The lowest BCUT2D eigenvalue weighted by atomic mass is 9.63. The number of H-pyrrole nitrogens is 1. The Bertz CT molecular complexity index is 954. The van der Waals surface area contributed by atoms with Gasteiger partial charge in [0.05, 0.1) is 6.10 Å². The van der Waals surface area contributed by atoms with Crippen LogP contribution in [0.1, 0.15) is 61.4 Å². The summed E-state index contributed by atoms with van der Waals surface area (Å²) in [5, 5.41) is 32.2. The number of epoxide rings is 1. The normalized spacial score (nSPS) is 42.3. The number of allylic oxidation sites excluding steroid dienone is 2. The molecule has 8 atom stereocenters. The van der Waals surface area contributed by atoms with Crippen LogP contribution in [0.4, 0.5) is 0 Å². The Hall–Kier alpha value is -1.96. The molecular formula is C23H29NO6. The number of hydrogen-bond donors (Lipinski definition) is 4. The minimum absolute atomic E-state index is 0.0247. The number of nitrogens with one attached hydrogen (secondary N) is 1. The second-order valence-electron chi connectivity index (χ2n) is 9.55. The van der Waals surface area contributed by atoms with E-state index in [1.54, 1.807) is 0 Å². The van der Waals surface area contributed by atoms with Crippen LogP contribution in [0.2, 0.25) is 0 Å². The molecule has 4 N–H and O–H groups in total. The van der Waals surface area contributed by atoms with E-state index in [1.807, 2.05) is 6.92 Å². The van der Waals surface area contributed by atoms with Crippen molar-refractivity contribution in [3.8, 4) is 5.75 Å². The van der Waals surface area contributed by atoms with Crippen molar-refractivity contribution in [3.63, 3.8) is 0 Å². The molecule has 1 aromatic heterocycles. The molecule has 3 fully saturated rings. The standard InChI is InChI=1S/C23H29NO6/c1-11-6-7-12-4-2-3-5-13(12)16(11)19(27)17-18(26)14(10-24-22(17)28)23(29)9-8-15(25)20-21(23)30-20/h6-7,10-13,15-16,20-21,25,29H,2-5,8-9H2,1H3,(H2,24,26,28)/t11-,12+,13+,15+,16+,20+,21+,23-/m1/s1. The molecule has 7 heteroatoms. The number of aliphatic hydroxyl groups is 2. The lowest BCUT2D eigenvalue weighted by molar-refractivity contribution is -0.0231. The maximum Gasteiger partial charge on any atom is 0.262 e. The summed E-state index contributed by atoms with van der Waals surface area (Å²) in [5.41, 5.74) is -2.34. The van der Waals surface area contributed by atoms with Crippen LogP contribution < -0.4 is 5.56 Å². The molecule has 0 amide bonds. The molecule has 1 aromatic rings. The summed E-state index contributed by atoms with van der Waals surface area (Å²) in [6.07, 6.45) is 8.43. The van der Waals surface area contributed by atoms with Crippen molar-refractivity contribution in [2.45, 2.75) is 69.4 Å². The first-order chi connectivity index (χ1) is 14.3. The van der Waals surface area contributed by atoms with Crippen molar-refractivity contribution < 1.29 is 24.9 Å². The van der Waals surface area contributed by atoms with Crippen molar-refractivity contribution in [2.75, 3.05) is 0 Å². The predicted octanol–water partition coefficient (Wildman–Crippen LogP) is 2.00. The first-order valence-corrected chi connectivity index (χ1v) is 11.1. The van der Waals surface area contributed by atoms with Gasteiger partial charge in [-0.05, 0) is 43.4 Å². The number of rotatable bonds is 3. The molecular weight excluding hydrogens is 386 g/mol. The average Bonchev–Trinajstić information content (AvgIpc) is 3.53. The smallest absolute Gasteiger partial charge is 0.262 e. The molecule has 4 aliphatic rings. The molecule has 1 saturated heterocycles. The highest BCUT2D eigenvalue weighted by Crippen LogP contribution is 2.51. The van der Waals surface area contributed by atoms with Crippen LogP contribution in [0.15, 0.2) is 23.1 Å². The third kappa shape index (κ3) is 2.90. The fourth-order valence-electron chi connectivity index (χ4n) is 6.14. The maximum atomic E-state index is 13.6. The van der Waals surface area contributed by atoms with Gasteiger partial charge >= 0.3 is 0 Å². The number of Topliss-reactive ketones (excluding diaryl/α,β-unsaturated/α-hetero) is 1. The summed E-state index contributed by atoms with van der Waals surface area (Å²) in [6.45, 7) is 1.98. The van der Waals surface area contributed by atoms with Gasteiger partial charge < -0.3 is 25.0 Å². The minimum atomic E-state index is -1.54.